The normalized spacial score (nSPS) is 16.6. The minimum absolute atomic E-state index is 0. The van der Waals surface area contributed by atoms with Crippen molar-refractivity contribution in [2.45, 2.75) is 30.7 Å². The fourth-order valence-corrected chi connectivity index (χ4v) is 5.43. The summed E-state index contributed by atoms with van der Waals surface area (Å²) in [4.78, 5) is 18.6. The number of hydrogen-bond donors (Lipinski definition) is 2. The van der Waals surface area contributed by atoms with Gasteiger partial charge in [-0.2, -0.15) is 0 Å². The van der Waals surface area contributed by atoms with Crippen LogP contribution >= 0.6 is 11.3 Å². The number of nitrogens with zero attached hydrogens (tertiary/aromatic N) is 2. The van der Waals surface area contributed by atoms with Crippen LogP contribution < -0.4 is 14.9 Å². The summed E-state index contributed by atoms with van der Waals surface area (Å²) in [7, 11) is -3.71. The highest BCUT2D eigenvalue weighted by Crippen LogP contribution is 2.25. The molecule has 2 N–H and O–H groups in total. The third kappa shape index (κ3) is 5.12. The number of aromatic nitrogens is 1. The topological polar surface area (TPSA) is 91.4 Å². The first-order valence-corrected chi connectivity index (χ1v) is 12.4. The van der Waals surface area contributed by atoms with Gasteiger partial charge in [0.25, 0.3) is 10.0 Å². The summed E-state index contributed by atoms with van der Waals surface area (Å²) < 4.78 is 27.4. The van der Waals surface area contributed by atoms with E-state index >= 15 is 0 Å². The number of thiazole rings is 1. The Bertz CT molecular complexity index is 1150. The molecule has 0 spiro atoms. The van der Waals surface area contributed by atoms with E-state index < -0.39 is 10.0 Å². The molecule has 1 atom stereocenters. The molecule has 1 unspecified atom stereocenters. The van der Waals surface area contributed by atoms with Crippen molar-refractivity contribution in [2.75, 3.05) is 22.7 Å². The van der Waals surface area contributed by atoms with Gasteiger partial charge in [0, 0.05) is 25.2 Å². The van der Waals surface area contributed by atoms with Crippen molar-refractivity contribution in [3.63, 3.8) is 0 Å². The number of anilines is 2. The van der Waals surface area contributed by atoms with Crippen molar-refractivity contribution < 1.29 is 14.6 Å². The van der Waals surface area contributed by atoms with Gasteiger partial charge in [-0.1, -0.05) is 29.8 Å². The molecule has 1 amide bonds. The number of amides is 1. The minimum Gasteiger partial charge on any atom is -0.311 e. The lowest BCUT2D eigenvalue weighted by molar-refractivity contribution is -0.118. The van der Waals surface area contributed by atoms with Crippen LogP contribution in [0, 0.1) is 6.92 Å². The molecule has 1 aliphatic rings. The number of sulfonamides is 1. The zero-order valence-electron chi connectivity index (χ0n) is 17.1. The highest BCUT2D eigenvalue weighted by atomic mass is 32.2. The molecule has 0 aliphatic carbocycles. The fourth-order valence-electron chi connectivity index (χ4n) is 3.64. The third-order valence-electron chi connectivity index (χ3n) is 5.21. The van der Waals surface area contributed by atoms with Crippen molar-refractivity contribution in [2.24, 2.45) is 0 Å². The van der Waals surface area contributed by atoms with Crippen LogP contribution in [-0.4, -0.2) is 38.4 Å². The number of carbonyl (C=O) groups is 1. The maximum Gasteiger partial charge on any atom is 0.263 e. The van der Waals surface area contributed by atoms with Gasteiger partial charge in [0.15, 0.2) is 5.13 Å². The number of carbonyl (C=O) groups excluding carboxylic acids is 1. The third-order valence-corrected chi connectivity index (χ3v) is 7.38. The lowest BCUT2D eigenvalue weighted by Crippen LogP contribution is -2.39. The molecule has 0 radical (unpaired) electrons. The Balaban J connectivity index is 0.00000289. The lowest BCUT2D eigenvalue weighted by atomic mass is 10.1. The largest absolute Gasteiger partial charge is 0.311 e. The smallest absolute Gasteiger partial charge is 0.263 e. The second-order valence-corrected chi connectivity index (χ2v) is 10.0. The van der Waals surface area contributed by atoms with Gasteiger partial charge in [0.2, 0.25) is 5.91 Å². The fraction of sp³-hybridized carbons (Fsp3) is 0.273. The van der Waals surface area contributed by atoms with Crippen LogP contribution in [0.5, 0.6) is 0 Å². The molecule has 2 heterocycles. The molecule has 7 nitrogen and oxygen atoms in total. The number of nitrogens with one attached hydrogen (secondary N) is 2. The summed E-state index contributed by atoms with van der Waals surface area (Å²) in [6.45, 7) is 3.40. The summed E-state index contributed by atoms with van der Waals surface area (Å²) in [6, 6.07) is 14.5. The first-order valence-electron chi connectivity index (χ1n) is 10.0. The molecule has 1 fully saturated rings. The predicted molar refractivity (Wildman–Crippen MR) is 125 cm³/mol. The number of benzene rings is 2. The van der Waals surface area contributed by atoms with Crippen molar-refractivity contribution in [1.82, 2.24) is 10.3 Å². The zero-order valence-corrected chi connectivity index (χ0v) is 18.7. The van der Waals surface area contributed by atoms with E-state index in [2.05, 4.69) is 40.1 Å². The van der Waals surface area contributed by atoms with Crippen molar-refractivity contribution in [3.8, 4) is 0 Å². The van der Waals surface area contributed by atoms with Crippen LogP contribution in [0.4, 0.5) is 10.8 Å². The Morgan fingerprint density at radius 3 is 2.74 bits per heavy atom. The van der Waals surface area contributed by atoms with Crippen LogP contribution in [0.1, 0.15) is 19.0 Å². The molecule has 2 aromatic carbocycles. The second-order valence-electron chi connectivity index (χ2n) is 7.46. The summed E-state index contributed by atoms with van der Waals surface area (Å²) in [5, 5.41) is 5.37. The van der Waals surface area contributed by atoms with Gasteiger partial charge < -0.3 is 10.2 Å². The summed E-state index contributed by atoms with van der Waals surface area (Å²) in [5.41, 5.74) is 3.17. The average molecular weight is 459 g/mol. The molecule has 1 saturated heterocycles. The molecule has 9 heteroatoms. The van der Waals surface area contributed by atoms with Gasteiger partial charge in [0.1, 0.15) is 0 Å². The quantitative estimate of drug-likeness (QED) is 0.540. The molecular formula is C22H26N4O3S2. The van der Waals surface area contributed by atoms with E-state index in [1.165, 1.54) is 40.8 Å². The van der Waals surface area contributed by atoms with E-state index in [9.17, 15) is 13.2 Å². The first-order chi connectivity index (χ1) is 14.9. The average Bonchev–Trinajstić information content (AvgIpc) is 3.38. The van der Waals surface area contributed by atoms with Crippen LogP contribution in [0.2, 0.25) is 0 Å². The first kappa shape index (κ1) is 21.5. The van der Waals surface area contributed by atoms with Crippen LogP contribution in [0.15, 0.2) is 65.0 Å². The molecule has 31 heavy (non-hydrogen) atoms. The van der Waals surface area contributed by atoms with Gasteiger partial charge in [-0.3, -0.25) is 9.52 Å². The maximum absolute atomic E-state index is 12.8. The molecule has 0 saturated carbocycles. The van der Waals surface area contributed by atoms with Crippen molar-refractivity contribution in [1.29, 1.82) is 0 Å². The molecule has 3 aromatic rings. The summed E-state index contributed by atoms with van der Waals surface area (Å²) >= 11 is 1.21. The number of rotatable bonds is 8. The van der Waals surface area contributed by atoms with Gasteiger partial charge >= 0.3 is 0 Å². The monoisotopic (exact) mass is 458 g/mol. The lowest BCUT2D eigenvalue weighted by Gasteiger charge is -2.18. The SMILES string of the molecule is Cc1cccc(CCNC2CCN(c3ccc(S(=O)(=O)Nc4nccs4)cc3)C2=O)c1.[HH]. The Hall–Kier alpha value is -2.75. The number of aryl methyl sites for hydroxylation is 1. The summed E-state index contributed by atoms with van der Waals surface area (Å²) in [6.07, 6.45) is 3.12. The Morgan fingerprint density at radius 2 is 2.03 bits per heavy atom. The van der Waals surface area contributed by atoms with Gasteiger partial charge in [-0.25, -0.2) is 13.4 Å². The predicted octanol–water partition coefficient (Wildman–Crippen LogP) is 3.44. The zero-order chi connectivity index (χ0) is 21.8. The van der Waals surface area contributed by atoms with E-state index in [-0.39, 0.29) is 18.3 Å². The Kier molecular flexibility index (Phi) is 6.35. The van der Waals surface area contributed by atoms with Gasteiger partial charge in [0.05, 0.1) is 10.9 Å². The molecule has 164 valence electrons. The van der Waals surface area contributed by atoms with Crippen LogP contribution in [0.25, 0.3) is 0 Å². The Morgan fingerprint density at radius 1 is 1.23 bits per heavy atom. The van der Waals surface area contributed by atoms with Crippen LogP contribution in [0.3, 0.4) is 0 Å². The van der Waals surface area contributed by atoms with E-state index in [1.807, 2.05) is 6.07 Å². The highest BCUT2D eigenvalue weighted by Gasteiger charge is 2.32. The summed E-state index contributed by atoms with van der Waals surface area (Å²) in [5.74, 6) is 0.0146. The molecular weight excluding hydrogens is 432 g/mol. The standard InChI is InChI=1S/C22H24N4O3S2.H2/c1-16-3-2-4-17(15-16)9-11-23-20-10-13-26(21(20)27)18-5-7-19(8-6-18)31(28,29)25-22-24-12-14-30-22;/h2-8,12,14-15,20,23H,9-11,13H2,1H3,(H,24,25);1H. The van der Waals surface area contributed by atoms with Crippen molar-refractivity contribution in [3.05, 3.63) is 71.2 Å². The molecule has 1 aromatic heterocycles. The van der Waals surface area contributed by atoms with Crippen molar-refractivity contribution >= 4 is 38.1 Å². The minimum atomic E-state index is -3.71. The van der Waals surface area contributed by atoms with E-state index in [0.717, 1.165) is 19.4 Å². The van der Waals surface area contributed by atoms with Gasteiger partial charge in [-0.05, 0) is 56.1 Å². The van der Waals surface area contributed by atoms with E-state index in [4.69, 9.17) is 0 Å². The highest BCUT2D eigenvalue weighted by molar-refractivity contribution is 7.93. The van der Waals surface area contributed by atoms with E-state index in [1.54, 1.807) is 22.4 Å². The molecule has 4 rings (SSSR count). The van der Waals surface area contributed by atoms with Crippen LogP contribution in [-0.2, 0) is 21.2 Å². The Labute approximate surface area is 187 Å². The number of hydrogen-bond acceptors (Lipinski definition) is 6. The molecule has 0 bridgehead atoms. The van der Waals surface area contributed by atoms with E-state index in [0.29, 0.717) is 17.4 Å². The van der Waals surface area contributed by atoms with Gasteiger partial charge in [-0.15, -0.1) is 11.3 Å². The maximum atomic E-state index is 12.8. The molecule has 1 aliphatic heterocycles. The second kappa shape index (κ2) is 9.17.